The molecule has 3 heterocycles. The van der Waals surface area contributed by atoms with Gasteiger partial charge in [-0.15, -0.1) is 11.3 Å². The first-order chi connectivity index (χ1) is 9.16. The van der Waals surface area contributed by atoms with Crippen LogP contribution in [0.1, 0.15) is 23.3 Å². The van der Waals surface area contributed by atoms with Crippen molar-refractivity contribution in [1.29, 1.82) is 0 Å². The molecular formula is C12H15N3O3S. The third-order valence-corrected chi connectivity index (χ3v) is 4.07. The number of fused-ring (bicyclic) bond motifs is 1. The van der Waals surface area contributed by atoms with Gasteiger partial charge in [-0.2, -0.15) is 0 Å². The van der Waals surface area contributed by atoms with Crippen LogP contribution < -0.4 is 4.90 Å². The Morgan fingerprint density at radius 3 is 3.26 bits per heavy atom. The number of carbonyl (C=O) groups is 1. The maximum atomic E-state index is 11.4. The fourth-order valence-corrected chi connectivity index (χ4v) is 3.13. The van der Waals surface area contributed by atoms with E-state index >= 15 is 0 Å². The van der Waals surface area contributed by atoms with Crippen LogP contribution in [-0.2, 0) is 4.74 Å². The van der Waals surface area contributed by atoms with Gasteiger partial charge < -0.3 is 14.7 Å². The van der Waals surface area contributed by atoms with Crippen molar-refractivity contribution in [2.75, 3.05) is 25.1 Å². The number of thiazole rings is 1. The summed E-state index contributed by atoms with van der Waals surface area (Å²) in [6.45, 7) is 1.47. The Balaban J connectivity index is 1.91. The molecule has 1 atom stereocenters. The molecule has 1 aliphatic heterocycles. The minimum atomic E-state index is -0.958. The minimum absolute atomic E-state index is 0.173. The second-order valence-electron chi connectivity index (χ2n) is 4.66. The van der Waals surface area contributed by atoms with Crippen molar-refractivity contribution in [2.24, 2.45) is 0 Å². The molecule has 1 N–H and O–H groups in total. The summed E-state index contributed by atoms with van der Waals surface area (Å²) in [7, 11) is 1.86. The molecule has 0 aromatic carbocycles. The van der Waals surface area contributed by atoms with Gasteiger partial charge in [-0.3, -0.25) is 4.40 Å². The molecular weight excluding hydrogens is 266 g/mol. The Bertz CT molecular complexity index is 600. The zero-order valence-corrected chi connectivity index (χ0v) is 11.4. The van der Waals surface area contributed by atoms with E-state index in [4.69, 9.17) is 4.74 Å². The molecule has 7 heteroatoms. The number of nitrogens with zero attached hydrogens (tertiary/aromatic N) is 3. The van der Waals surface area contributed by atoms with Crippen LogP contribution >= 0.6 is 11.3 Å². The van der Waals surface area contributed by atoms with E-state index in [9.17, 15) is 9.90 Å². The van der Waals surface area contributed by atoms with Crippen LogP contribution in [0.25, 0.3) is 4.96 Å². The van der Waals surface area contributed by atoms with Crippen molar-refractivity contribution >= 4 is 28.1 Å². The second-order valence-corrected chi connectivity index (χ2v) is 5.53. The molecule has 1 saturated heterocycles. The average Bonchev–Trinajstić information content (AvgIpc) is 3.02. The van der Waals surface area contributed by atoms with Crippen molar-refractivity contribution in [1.82, 2.24) is 9.38 Å². The number of hydrogen-bond acceptors (Lipinski definition) is 5. The molecule has 0 bridgehead atoms. The van der Waals surface area contributed by atoms with Gasteiger partial charge in [0, 0.05) is 31.8 Å². The van der Waals surface area contributed by atoms with Gasteiger partial charge in [-0.05, 0) is 12.8 Å². The van der Waals surface area contributed by atoms with Gasteiger partial charge in [-0.1, -0.05) is 0 Å². The first kappa shape index (κ1) is 12.4. The summed E-state index contributed by atoms with van der Waals surface area (Å²) >= 11 is 1.43. The van der Waals surface area contributed by atoms with E-state index in [0.717, 1.165) is 19.4 Å². The summed E-state index contributed by atoms with van der Waals surface area (Å²) in [5, 5.41) is 11.2. The zero-order chi connectivity index (χ0) is 13.4. The van der Waals surface area contributed by atoms with Crippen LogP contribution in [0.2, 0.25) is 0 Å². The van der Waals surface area contributed by atoms with Crippen LogP contribution in [-0.4, -0.2) is 46.8 Å². The first-order valence-electron chi connectivity index (χ1n) is 6.18. The Kier molecular flexibility index (Phi) is 3.16. The van der Waals surface area contributed by atoms with Crippen LogP contribution in [0.5, 0.6) is 0 Å². The molecule has 1 aliphatic rings. The van der Waals surface area contributed by atoms with E-state index < -0.39 is 5.97 Å². The molecule has 2 aromatic rings. The Labute approximate surface area is 114 Å². The number of aromatic carboxylic acids is 1. The van der Waals surface area contributed by atoms with E-state index in [0.29, 0.717) is 17.3 Å². The molecule has 0 saturated carbocycles. The van der Waals surface area contributed by atoms with Gasteiger partial charge in [0.1, 0.15) is 0 Å². The van der Waals surface area contributed by atoms with Crippen molar-refractivity contribution in [3.8, 4) is 0 Å². The average molecular weight is 281 g/mol. The highest BCUT2D eigenvalue weighted by molar-refractivity contribution is 7.15. The number of imidazole rings is 1. The number of hydrogen-bond donors (Lipinski definition) is 1. The molecule has 0 spiro atoms. The maximum absolute atomic E-state index is 11.4. The van der Waals surface area contributed by atoms with Crippen molar-refractivity contribution < 1.29 is 14.6 Å². The van der Waals surface area contributed by atoms with Crippen molar-refractivity contribution in [2.45, 2.75) is 18.9 Å². The molecule has 102 valence electrons. The van der Waals surface area contributed by atoms with Crippen molar-refractivity contribution in [3.63, 3.8) is 0 Å². The van der Waals surface area contributed by atoms with Crippen LogP contribution in [0.4, 0.5) is 5.82 Å². The normalized spacial score (nSPS) is 19.1. The molecule has 19 heavy (non-hydrogen) atoms. The molecule has 0 radical (unpaired) electrons. The van der Waals surface area contributed by atoms with Gasteiger partial charge in [0.25, 0.3) is 0 Å². The van der Waals surface area contributed by atoms with Gasteiger partial charge in [0.15, 0.2) is 16.5 Å². The number of carboxylic acids is 1. The monoisotopic (exact) mass is 281 g/mol. The highest BCUT2D eigenvalue weighted by Crippen LogP contribution is 2.25. The topological polar surface area (TPSA) is 67.1 Å². The minimum Gasteiger partial charge on any atom is -0.476 e. The van der Waals surface area contributed by atoms with Crippen LogP contribution in [0.15, 0.2) is 11.6 Å². The number of likely N-dealkylation sites (N-methyl/N-ethyl adjacent to an activating group) is 1. The third-order valence-electron chi connectivity index (χ3n) is 3.31. The third kappa shape index (κ3) is 2.19. The van der Waals surface area contributed by atoms with Crippen LogP contribution in [0.3, 0.4) is 0 Å². The van der Waals surface area contributed by atoms with E-state index in [2.05, 4.69) is 4.98 Å². The predicted molar refractivity (Wildman–Crippen MR) is 72.3 cm³/mol. The number of aromatic nitrogens is 2. The zero-order valence-electron chi connectivity index (χ0n) is 10.6. The number of carboxylic acid groups (broad SMARTS) is 1. The smallest absolute Gasteiger partial charge is 0.356 e. The molecule has 1 fully saturated rings. The Hall–Kier alpha value is -1.60. The van der Waals surface area contributed by atoms with E-state index in [-0.39, 0.29) is 11.8 Å². The largest absolute Gasteiger partial charge is 0.476 e. The van der Waals surface area contributed by atoms with Gasteiger partial charge in [0.05, 0.1) is 6.10 Å². The Morgan fingerprint density at radius 2 is 2.58 bits per heavy atom. The fraction of sp³-hybridized carbons (Fsp3) is 0.500. The molecule has 3 rings (SSSR count). The quantitative estimate of drug-likeness (QED) is 0.924. The number of anilines is 1. The lowest BCUT2D eigenvalue weighted by atomic mass is 10.2. The highest BCUT2D eigenvalue weighted by Gasteiger charge is 2.25. The summed E-state index contributed by atoms with van der Waals surface area (Å²) < 4.78 is 7.20. The van der Waals surface area contributed by atoms with E-state index in [1.165, 1.54) is 11.3 Å². The lowest BCUT2D eigenvalue weighted by Crippen LogP contribution is -2.30. The predicted octanol–water partition coefficient (Wildman–Crippen LogP) is 1.71. The lowest BCUT2D eigenvalue weighted by Gasteiger charge is -2.20. The molecule has 1 unspecified atom stereocenters. The number of ether oxygens (including phenoxy) is 1. The highest BCUT2D eigenvalue weighted by atomic mass is 32.1. The number of rotatable bonds is 4. The summed E-state index contributed by atoms with van der Waals surface area (Å²) in [5.41, 5.74) is 0.219. The van der Waals surface area contributed by atoms with Gasteiger partial charge >= 0.3 is 5.97 Å². The maximum Gasteiger partial charge on any atom is 0.356 e. The standard InChI is InChI=1S/C12H15N3O3S/c1-14(7-8-3-2-5-18-8)10-9(11(16)17)15-4-6-19-12(15)13-10/h4,6,8H,2-3,5,7H2,1H3,(H,16,17). The summed E-state index contributed by atoms with van der Waals surface area (Å²) in [6.07, 6.45) is 4.00. The summed E-state index contributed by atoms with van der Waals surface area (Å²) in [5.74, 6) is -0.449. The fourth-order valence-electron chi connectivity index (χ4n) is 2.42. The molecule has 0 amide bonds. The van der Waals surface area contributed by atoms with E-state index in [1.54, 1.807) is 10.6 Å². The Morgan fingerprint density at radius 1 is 1.74 bits per heavy atom. The van der Waals surface area contributed by atoms with Crippen molar-refractivity contribution in [3.05, 3.63) is 17.3 Å². The molecule has 6 nitrogen and oxygen atoms in total. The van der Waals surface area contributed by atoms with Gasteiger partial charge in [-0.25, -0.2) is 9.78 Å². The van der Waals surface area contributed by atoms with E-state index in [1.807, 2.05) is 17.3 Å². The molecule has 2 aromatic heterocycles. The first-order valence-corrected chi connectivity index (χ1v) is 7.06. The lowest BCUT2D eigenvalue weighted by molar-refractivity contribution is 0.0689. The second kappa shape index (κ2) is 4.82. The SMILES string of the molecule is CN(CC1CCCO1)c1nc2sccn2c1C(=O)O. The molecule has 0 aliphatic carbocycles. The van der Waals surface area contributed by atoms with Crippen LogP contribution in [0, 0.1) is 0 Å². The summed E-state index contributed by atoms with van der Waals surface area (Å²) in [6, 6.07) is 0. The van der Waals surface area contributed by atoms with Gasteiger partial charge in [0.2, 0.25) is 0 Å². The summed E-state index contributed by atoms with van der Waals surface area (Å²) in [4.78, 5) is 18.4.